The van der Waals surface area contributed by atoms with E-state index in [4.69, 9.17) is 4.74 Å². The molecule has 1 aromatic rings. The minimum Gasteiger partial charge on any atom is -0.480 e. The third kappa shape index (κ3) is 2.37. The zero-order chi connectivity index (χ0) is 13.0. The Morgan fingerprint density at radius 2 is 1.78 bits per heavy atom. The van der Waals surface area contributed by atoms with Gasteiger partial charge in [0.25, 0.3) is 0 Å². The van der Waals surface area contributed by atoms with Crippen LogP contribution in [0.4, 0.5) is 0 Å². The van der Waals surface area contributed by atoms with E-state index in [0.717, 1.165) is 18.4 Å². The first-order valence-electron chi connectivity index (χ1n) is 6.10. The monoisotopic (exact) mass is 248 g/mol. The van der Waals surface area contributed by atoms with Gasteiger partial charge in [-0.3, -0.25) is 9.59 Å². The van der Waals surface area contributed by atoms with Gasteiger partial charge in [0, 0.05) is 0 Å². The summed E-state index contributed by atoms with van der Waals surface area (Å²) in [5.74, 6) is -1.66. The Balaban J connectivity index is 2.01. The number of carbonyl (C=O) groups is 2. The van der Waals surface area contributed by atoms with Gasteiger partial charge in [-0.25, -0.2) is 0 Å². The highest BCUT2D eigenvalue weighted by atomic mass is 16.5. The highest BCUT2D eigenvalue weighted by Gasteiger charge is 2.49. The molecule has 18 heavy (non-hydrogen) atoms. The van der Waals surface area contributed by atoms with Crippen molar-refractivity contribution in [2.24, 2.45) is 5.41 Å². The molecule has 0 atom stereocenters. The molecule has 0 saturated heterocycles. The fourth-order valence-corrected chi connectivity index (χ4v) is 2.35. The van der Waals surface area contributed by atoms with Gasteiger partial charge < -0.3 is 9.84 Å². The molecule has 0 unspecified atom stereocenters. The van der Waals surface area contributed by atoms with E-state index in [0.29, 0.717) is 12.8 Å². The molecular formula is C14H16O4. The van der Waals surface area contributed by atoms with Crippen LogP contribution in [0.2, 0.25) is 0 Å². The summed E-state index contributed by atoms with van der Waals surface area (Å²) in [6, 6.07) is 9.27. The van der Waals surface area contributed by atoms with Crippen molar-refractivity contribution in [1.82, 2.24) is 0 Å². The van der Waals surface area contributed by atoms with Crippen LogP contribution in [0.15, 0.2) is 30.3 Å². The first-order valence-corrected chi connectivity index (χ1v) is 6.10. The van der Waals surface area contributed by atoms with Crippen LogP contribution in [-0.2, 0) is 20.9 Å². The average Bonchev–Trinajstić information content (AvgIpc) is 2.88. The Kier molecular flexibility index (Phi) is 3.65. The summed E-state index contributed by atoms with van der Waals surface area (Å²) in [7, 11) is 0. The third-order valence-electron chi connectivity index (χ3n) is 3.47. The van der Waals surface area contributed by atoms with Crippen LogP contribution in [0.25, 0.3) is 0 Å². The van der Waals surface area contributed by atoms with Crippen LogP contribution in [-0.4, -0.2) is 17.0 Å². The predicted octanol–water partition coefficient (Wildman–Crippen LogP) is 2.37. The van der Waals surface area contributed by atoms with Gasteiger partial charge in [0.1, 0.15) is 6.61 Å². The number of hydrogen-bond acceptors (Lipinski definition) is 3. The van der Waals surface area contributed by atoms with Crippen molar-refractivity contribution in [2.75, 3.05) is 0 Å². The summed E-state index contributed by atoms with van der Waals surface area (Å²) >= 11 is 0. The lowest BCUT2D eigenvalue weighted by atomic mass is 9.86. The number of carboxylic acids is 1. The normalized spacial score (nSPS) is 17.3. The van der Waals surface area contributed by atoms with E-state index in [1.807, 2.05) is 30.3 Å². The summed E-state index contributed by atoms with van der Waals surface area (Å²) in [4.78, 5) is 23.3. The molecule has 0 aliphatic heterocycles. The fraction of sp³-hybridized carbons (Fsp3) is 0.429. The van der Waals surface area contributed by atoms with Crippen molar-refractivity contribution >= 4 is 11.9 Å². The minimum atomic E-state index is -1.31. The molecule has 96 valence electrons. The molecule has 4 heteroatoms. The minimum absolute atomic E-state index is 0.134. The smallest absolute Gasteiger partial charge is 0.323 e. The number of rotatable bonds is 4. The Hall–Kier alpha value is -1.84. The quantitative estimate of drug-likeness (QED) is 0.656. The Labute approximate surface area is 106 Å². The number of benzene rings is 1. The van der Waals surface area contributed by atoms with Gasteiger partial charge in [-0.2, -0.15) is 0 Å². The second-order valence-electron chi connectivity index (χ2n) is 4.66. The van der Waals surface area contributed by atoms with Gasteiger partial charge in [-0.05, 0) is 18.4 Å². The maximum atomic E-state index is 12.0. The molecule has 1 aromatic carbocycles. The third-order valence-corrected chi connectivity index (χ3v) is 3.47. The second kappa shape index (κ2) is 5.21. The highest BCUT2D eigenvalue weighted by Crippen LogP contribution is 2.39. The molecular weight excluding hydrogens is 232 g/mol. The molecule has 1 saturated carbocycles. The van der Waals surface area contributed by atoms with Gasteiger partial charge in [0.2, 0.25) is 0 Å². The summed E-state index contributed by atoms with van der Waals surface area (Å²) in [6.45, 7) is 0.134. The molecule has 2 rings (SSSR count). The lowest BCUT2D eigenvalue weighted by Gasteiger charge is -2.21. The van der Waals surface area contributed by atoms with Gasteiger partial charge in [0.05, 0.1) is 0 Å². The molecule has 1 fully saturated rings. The summed E-state index contributed by atoms with van der Waals surface area (Å²) in [5, 5.41) is 9.23. The SMILES string of the molecule is O=C(O)C1(C(=O)OCc2ccccc2)CCCC1. The summed E-state index contributed by atoms with van der Waals surface area (Å²) < 4.78 is 5.16. The van der Waals surface area contributed by atoms with Crippen molar-refractivity contribution in [2.45, 2.75) is 32.3 Å². The topological polar surface area (TPSA) is 63.6 Å². The molecule has 4 nitrogen and oxygen atoms in total. The molecule has 1 aliphatic carbocycles. The van der Waals surface area contributed by atoms with Crippen molar-refractivity contribution < 1.29 is 19.4 Å². The summed E-state index contributed by atoms with van der Waals surface area (Å²) in [5.41, 5.74) is -0.446. The van der Waals surface area contributed by atoms with Crippen LogP contribution in [0.5, 0.6) is 0 Å². The zero-order valence-electron chi connectivity index (χ0n) is 10.1. The van der Waals surface area contributed by atoms with Crippen LogP contribution < -0.4 is 0 Å². The molecule has 0 spiro atoms. The zero-order valence-corrected chi connectivity index (χ0v) is 10.1. The van der Waals surface area contributed by atoms with E-state index in [9.17, 15) is 14.7 Å². The number of carbonyl (C=O) groups excluding carboxylic acids is 1. The first-order chi connectivity index (χ1) is 8.65. The van der Waals surface area contributed by atoms with Gasteiger partial charge >= 0.3 is 11.9 Å². The number of hydrogen-bond donors (Lipinski definition) is 1. The van der Waals surface area contributed by atoms with Crippen molar-refractivity contribution in [3.8, 4) is 0 Å². The first kappa shape index (κ1) is 12.6. The Bertz CT molecular complexity index is 432. The number of esters is 1. The lowest BCUT2D eigenvalue weighted by Crippen LogP contribution is -2.38. The standard InChI is InChI=1S/C14H16O4/c15-12(16)14(8-4-5-9-14)13(17)18-10-11-6-2-1-3-7-11/h1-3,6-7H,4-5,8-10H2,(H,15,16). The summed E-state index contributed by atoms with van der Waals surface area (Å²) in [6.07, 6.45) is 2.31. The number of ether oxygens (including phenoxy) is 1. The molecule has 0 aromatic heterocycles. The van der Waals surface area contributed by atoms with Crippen molar-refractivity contribution in [1.29, 1.82) is 0 Å². The van der Waals surface area contributed by atoms with Crippen molar-refractivity contribution in [3.05, 3.63) is 35.9 Å². The van der Waals surface area contributed by atoms with Crippen LogP contribution >= 0.6 is 0 Å². The Morgan fingerprint density at radius 3 is 2.33 bits per heavy atom. The van der Waals surface area contributed by atoms with E-state index >= 15 is 0 Å². The molecule has 0 radical (unpaired) electrons. The second-order valence-corrected chi connectivity index (χ2v) is 4.66. The Morgan fingerprint density at radius 1 is 1.17 bits per heavy atom. The van der Waals surface area contributed by atoms with E-state index in [2.05, 4.69) is 0 Å². The molecule has 0 amide bonds. The number of aliphatic carboxylic acids is 1. The van der Waals surface area contributed by atoms with Crippen LogP contribution in [0, 0.1) is 5.41 Å². The fourth-order valence-electron chi connectivity index (χ4n) is 2.35. The van der Waals surface area contributed by atoms with Crippen LogP contribution in [0.3, 0.4) is 0 Å². The molecule has 1 N–H and O–H groups in total. The maximum absolute atomic E-state index is 12.0. The highest BCUT2D eigenvalue weighted by molar-refractivity contribution is 5.99. The largest absolute Gasteiger partial charge is 0.480 e. The maximum Gasteiger partial charge on any atom is 0.323 e. The molecule has 0 bridgehead atoms. The predicted molar refractivity (Wildman–Crippen MR) is 64.8 cm³/mol. The van der Waals surface area contributed by atoms with E-state index in [1.165, 1.54) is 0 Å². The lowest BCUT2D eigenvalue weighted by molar-refractivity contribution is -0.169. The molecule has 1 aliphatic rings. The van der Waals surface area contributed by atoms with E-state index in [1.54, 1.807) is 0 Å². The van der Waals surface area contributed by atoms with Gasteiger partial charge in [-0.1, -0.05) is 43.2 Å². The van der Waals surface area contributed by atoms with Gasteiger partial charge in [-0.15, -0.1) is 0 Å². The van der Waals surface area contributed by atoms with Crippen LogP contribution in [0.1, 0.15) is 31.2 Å². The van der Waals surface area contributed by atoms with E-state index < -0.39 is 17.4 Å². The molecule has 0 heterocycles. The van der Waals surface area contributed by atoms with E-state index in [-0.39, 0.29) is 6.61 Å². The van der Waals surface area contributed by atoms with Crippen molar-refractivity contribution in [3.63, 3.8) is 0 Å². The average molecular weight is 248 g/mol. The van der Waals surface area contributed by atoms with Gasteiger partial charge in [0.15, 0.2) is 5.41 Å². The number of carboxylic acid groups (broad SMARTS) is 1.